The van der Waals surface area contributed by atoms with Crippen molar-refractivity contribution in [2.24, 2.45) is 0 Å². The molecule has 2 rings (SSSR count). The van der Waals surface area contributed by atoms with Crippen molar-refractivity contribution in [3.8, 4) is 0 Å². The van der Waals surface area contributed by atoms with Crippen LogP contribution in [-0.4, -0.2) is 39.2 Å². The van der Waals surface area contributed by atoms with E-state index in [1.165, 1.54) is 19.8 Å². The van der Waals surface area contributed by atoms with Crippen LogP contribution in [0.15, 0.2) is 72.8 Å². The highest BCUT2D eigenvalue weighted by molar-refractivity contribution is 5.71. The molecule has 2 aromatic carbocycles. The zero-order valence-electron chi connectivity index (χ0n) is 20.1. The van der Waals surface area contributed by atoms with Crippen LogP contribution < -0.4 is 4.90 Å². The standard InChI is InChI=1S/C28H35NO4/c1-28(2,24-12-8-5-9-13-24)20-10-6-7-11-23-14-16-25(17-15-23)29(21-18-26(30)32-3)22-19-27(31)33-4/h5-17H,18-22H2,1-4H3/b10-6+,11-7+. The maximum Gasteiger partial charge on any atom is 0.307 e. The van der Waals surface area contributed by atoms with Crippen LogP contribution in [0.1, 0.15) is 44.2 Å². The SMILES string of the molecule is COC(=O)CCN(CCC(=O)OC)c1ccc(/C=C/C=C/CC(C)(C)c2ccccc2)cc1. The molecule has 0 aliphatic carbocycles. The first-order valence-electron chi connectivity index (χ1n) is 11.2. The Hall–Kier alpha value is -3.34. The molecule has 0 radical (unpaired) electrons. The minimum atomic E-state index is -0.278. The minimum absolute atomic E-state index is 0.0884. The highest BCUT2D eigenvalue weighted by atomic mass is 16.5. The number of carbonyl (C=O) groups excluding carboxylic acids is 2. The van der Waals surface area contributed by atoms with Gasteiger partial charge in [0.15, 0.2) is 0 Å². The molecule has 0 heterocycles. The fourth-order valence-corrected chi connectivity index (χ4v) is 3.44. The van der Waals surface area contributed by atoms with Crippen molar-refractivity contribution in [1.29, 1.82) is 0 Å². The summed E-state index contributed by atoms with van der Waals surface area (Å²) < 4.78 is 9.48. The number of nitrogens with zero attached hydrogens (tertiary/aromatic N) is 1. The van der Waals surface area contributed by atoms with Gasteiger partial charge in [0.25, 0.3) is 0 Å². The molecule has 0 unspecified atom stereocenters. The van der Waals surface area contributed by atoms with Crippen LogP contribution in [-0.2, 0) is 24.5 Å². The van der Waals surface area contributed by atoms with Crippen LogP contribution in [0.3, 0.4) is 0 Å². The van der Waals surface area contributed by atoms with Gasteiger partial charge in [-0.15, -0.1) is 0 Å². The Morgan fingerprint density at radius 1 is 0.848 bits per heavy atom. The summed E-state index contributed by atoms with van der Waals surface area (Å²) in [6.45, 7) is 5.44. The monoisotopic (exact) mass is 449 g/mol. The lowest BCUT2D eigenvalue weighted by Gasteiger charge is -2.24. The first-order chi connectivity index (χ1) is 15.9. The third-order valence-electron chi connectivity index (χ3n) is 5.60. The van der Waals surface area contributed by atoms with Gasteiger partial charge in [-0.3, -0.25) is 9.59 Å². The molecule has 33 heavy (non-hydrogen) atoms. The average Bonchev–Trinajstić information content (AvgIpc) is 2.84. The Morgan fingerprint density at radius 2 is 1.42 bits per heavy atom. The van der Waals surface area contributed by atoms with Crippen molar-refractivity contribution < 1.29 is 19.1 Å². The zero-order chi connectivity index (χ0) is 24.1. The second kappa shape index (κ2) is 13.3. The van der Waals surface area contributed by atoms with E-state index in [9.17, 15) is 9.59 Å². The fraction of sp³-hybridized carbons (Fsp3) is 0.357. The van der Waals surface area contributed by atoms with Crippen LogP contribution >= 0.6 is 0 Å². The van der Waals surface area contributed by atoms with Gasteiger partial charge in [0.2, 0.25) is 0 Å². The van der Waals surface area contributed by atoms with Crippen molar-refractivity contribution >= 4 is 23.7 Å². The third-order valence-corrected chi connectivity index (χ3v) is 5.60. The molecule has 0 atom stereocenters. The van der Waals surface area contributed by atoms with Crippen LogP contribution in [0, 0.1) is 0 Å². The number of carbonyl (C=O) groups is 2. The Kier molecular flexibility index (Phi) is 10.4. The van der Waals surface area contributed by atoms with Crippen LogP contribution in [0.4, 0.5) is 5.69 Å². The van der Waals surface area contributed by atoms with E-state index in [-0.39, 0.29) is 30.2 Å². The highest BCUT2D eigenvalue weighted by Gasteiger charge is 2.17. The van der Waals surface area contributed by atoms with Gasteiger partial charge < -0.3 is 14.4 Å². The molecule has 5 nitrogen and oxygen atoms in total. The summed E-state index contributed by atoms with van der Waals surface area (Å²) in [4.78, 5) is 25.1. The van der Waals surface area contributed by atoms with Crippen molar-refractivity contribution in [2.75, 3.05) is 32.2 Å². The molecule has 0 fully saturated rings. The Labute approximate surface area is 197 Å². The number of hydrogen-bond acceptors (Lipinski definition) is 5. The molecule has 5 heteroatoms. The van der Waals surface area contributed by atoms with Gasteiger partial charge in [0.05, 0.1) is 27.1 Å². The summed E-state index contributed by atoms with van der Waals surface area (Å²) in [5.41, 5.74) is 3.44. The Balaban J connectivity index is 1.96. The van der Waals surface area contributed by atoms with Crippen LogP contribution in [0.2, 0.25) is 0 Å². The van der Waals surface area contributed by atoms with Gasteiger partial charge in [-0.25, -0.2) is 0 Å². The predicted octanol–water partition coefficient (Wildman–Crippen LogP) is 5.56. The van der Waals surface area contributed by atoms with Gasteiger partial charge in [0.1, 0.15) is 0 Å². The summed E-state index contributed by atoms with van der Waals surface area (Å²) in [6.07, 6.45) is 9.84. The summed E-state index contributed by atoms with van der Waals surface area (Å²) in [7, 11) is 2.75. The maximum absolute atomic E-state index is 11.6. The average molecular weight is 450 g/mol. The Morgan fingerprint density at radius 3 is 1.97 bits per heavy atom. The lowest BCUT2D eigenvalue weighted by molar-refractivity contribution is -0.140. The second-order valence-electron chi connectivity index (χ2n) is 8.47. The van der Waals surface area contributed by atoms with Gasteiger partial charge in [-0.2, -0.15) is 0 Å². The number of methoxy groups -OCH3 is 2. The lowest BCUT2D eigenvalue weighted by Crippen LogP contribution is -2.29. The zero-order valence-corrected chi connectivity index (χ0v) is 20.1. The van der Waals surface area contributed by atoms with Gasteiger partial charge in [-0.1, -0.05) is 80.6 Å². The molecule has 0 bridgehead atoms. The summed E-state index contributed by atoms with van der Waals surface area (Å²) in [5, 5.41) is 0. The minimum Gasteiger partial charge on any atom is -0.469 e. The molecule has 0 amide bonds. The number of esters is 2. The largest absolute Gasteiger partial charge is 0.469 e. The number of hydrogen-bond donors (Lipinski definition) is 0. The summed E-state index contributed by atoms with van der Waals surface area (Å²) in [6, 6.07) is 18.6. The molecule has 0 N–H and O–H groups in total. The van der Waals surface area contributed by atoms with E-state index in [0.29, 0.717) is 13.1 Å². The van der Waals surface area contributed by atoms with Gasteiger partial charge >= 0.3 is 11.9 Å². The molecule has 0 saturated carbocycles. The fourth-order valence-electron chi connectivity index (χ4n) is 3.44. The molecular formula is C28H35NO4. The van der Waals surface area contributed by atoms with E-state index in [2.05, 4.69) is 56.3 Å². The molecule has 0 spiro atoms. The number of rotatable bonds is 12. The molecule has 0 aliphatic heterocycles. The van der Waals surface area contributed by atoms with Crippen molar-refractivity contribution in [2.45, 2.75) is 38.5 Å². The lowest BCUT2D eigenvalue weighted by atomic mass is 9.81. The molecular weight excluding hydrogens is 414 g/mol. The summed E-state index contributed by atoms with van der Waals surface area (Å²) in [5.74, 6) is -0.556. The number of allylic oxidation sites excluding steroid dienone is 3. The first kappa shape index (κ1) is 25.9. The normalized spacial score (nSPS) is 11.6. The molecule has 2 aromatic rings. The van der Waals surface area contributed by atoms with E-state index in [1.54, 1.807) is 0 Å². The van der Waals surface area contributed by atoms with E-state index in [1.807, 2.05) is 41.3 Å². The van der Waals surface area contributed by atoms with Gasteiger partial charge in [-0.05, 0) is 35.1 Å². The molecule has 0 aromatic heterocycles. The van der Waals surface area contributed by atoms with Gasteiger partial charge in [0, 0.05) is 18.8 Å². The number of anilines is 1. The summed E-state index contributed by atoms with van der Waals surface area (Å²) >= 11 is 0. The van der Waals surface area contributed by atoms with Crippen LogP contribution in [0.25, 0.3) is 6.08 Å². The quantitative estimate of drug-likeness (QED) is 0.314. The Bertz CT molecular complexity index is 910. The molecule has 0 saturated heterocycles. The third kappa shape index (κ3) is 8.97. The topological polar surface area (TPSA) is 55.8 Å². The number of benzene rings is 2. The van der Waals surface area contributed by atoms with E-state index in [4.69, 9.17) is 9.47 Å². The van der Waals surface area contributed by atoms with E-state index in [0.717, 1.165) is 17.7 Å². The van der Waals surface area contributed by atoms with E-state index < -0.39 is 0 Å². The predicted molar refractivity (Wildman–Crippen MR) is 134 cm³/mol. The molecule has 176 valence electrons. The first-order valence-corrected chi connectivity index (χ1v) is 11.2. The van der Waals surface area contributed by atoms with Crippen molar-refractivity contribution in [1.82, 2.24) is 0 Å². The second-order valence-corrected chi connectivity index (χ2v) is 8.47. The van der Waals surface area contributed by atoms with Crippen molar-refractivity contribution in [3.63, 3.8) is 0 Å². The highest BCUT2D eigenvalue weighted by Crippen LogP contribution is 2.27. The maximum atomic E-state index is 11.6. The van der Waals surface area contributed by atoms with Crippen LogP contribution in [0.5, 0.6) is 0 Å². The number of ether oxygens (including phenoxy) is 2. The molecule has 0 aliphatic rings. The van der Waals surface area contributed by atoms with Crippen molar-refractivity contribution in [3.05, 3.63) is 84.0 Å². The van der Waals surface area contributed by atoms with E-state index >= 15 is 0 Å². The smallest absolute Gasteiger partial charge is 0.307 e.